The molecule has 9 N–H and O–H groups in total. The number of β-amino-alcohol motifs (C(OH)–C–C–N with tert-alkyl or cyclic N) is 1. The summed E-state index contributed by atoms with van der Waals surface area (Å²) >= 11 is 0. The van der Waals surface area contributed by atoms with Crippen molar-refractivity contribution in [1.29, 1.82) is 0 Å². The second-order valence-electron chi connectivity index (χ2n) is 7.74. The van der Waals surface area contributed by atoms with Crippen LogP contribution in [0.5, 0.6) is 0 Å². The van der Waals surface area contributed by atoms with Crippen molar-refractivity contribution in [2.75, 3.05) is 33.8 Å². The number of piperidine rings is 1. The molecule has 3 amide bonds. The second kappa shape index (κ2) is 9.83. The summed E-state index contributed by atoms with van der Waals surface area (Å²) in [6, 6.07) is -2.65. The summed E-state index contributed by atoms with van der Waals surface area (Å²) in [6.45, 7) is -0.607. The van der Waals surface area contributed by atoms with E-state index in [1.165, 1.54) is 11.9 Å². The van der Waals surface area contributed by atoms with Gasteiger partial charge in [-0.2, -0.15) is 0 Å². The zero-order valence-corrected chi connectivity index (χ0v) is 17.6. The fraction of sp³-hybridized carbons (Fsp3) is 0.765. The lowest BCUT2D eigenvalue weighted by Gasteiger charge is -2.47. The van der Waals surface area contributed by atoms with Crippen LogP contribution in [0.25, 0.3) is 0 Å². The van der Waals surface area contributed by atoms with Gasteiger partial charge in [0.15, 0.2) is 24.3 Å². The number of nitrogens with zero attached hydrogens (tertiary/aromatic N) is 2. The van der Waals surface area contributed by atoms with Gasteiger partial charge in [-0.3, -0.25) is 9.59 Å². The van der Waals surface area contributed by atoms with E-state index in [1.54, 1.807) is 7.05 Å². The summed E-state index contributed by atoms with van der Waals surface area (Å²) in [4.78, 5) is 41.3. The lowest BCUT2D eigenvalue weighted by molar-refractivity contribution is -0.215. The molecular formula is C17H29N7O8. The van der Waals surface area contributed by atoms with Gasteiger partial charge in [0.1, 0.15) is 18.2 Å². The first kappa shape index (κ1) is 23.9. The molecule has 32 heavy (non-hydrogen) atoms. The lowest BCUT2D eigenvalue weighted by Crippen LogP contribution is -2.70. The number of fused-ring (bicyclic) bond motifs is 1. The number of ether oxygens (including phenoxy) is 2. The molecule has 3 rings (SSSR count). The number of carbonyl (C=O) groups excluding carboxylic acids is 3. The molecule has 8 atom stereocenters. The maximum Gasteiger partial charge on any atom is 0.404 e. The number of likely N-dealkylation sites (N-methyl/N-ethyl adjacent to an activating group) is 2. The minimum atomic E-state index is -1.49. The number of aliphatic hydroxyl groups excluding tert-OH is 3. The summed E-state index contributed by atoms with van der Waals surface area (Å²) < 4.78 is 10.7. The molecule has 180 valence electrons. The first-order valence-corrected chi connectivity index (χ1v) is 10.0. The standard InChI is InChI=1S/C17H29N7O8/c1-19-4-8(27)24(2)11-12(28)13(32-16(18)30)7(5-25)31-15(11)23-17-21-9-6(26)3-20-14(29)10(9)22-17/h6-7,9-13,15,19,25-26,28H,3-5H2,1-2H3,(H2,18,30)(H,20,29)(H2,21,22,23). The van der Waals surface area contributed by atoms with Crippen LogP contribution in [0.2, 0.25) is 0 Å². The molecule has 0 spiro atoms. The smallest absolute Gasteiger partial charge is 0.404 e. The summed E-state index contributed by atoms with van der Waals surface area (Å²) in [6.07, 6.45) is -7.21. The number of rotatable bonds is 6. The third-order valence-corrected chi connectivity index (χ3v) is 5.64. The minimum Gasteiger partial charge on any atom is -0.441 e. The molecule has 15 nitrogen and oxygen atoms in total. The molecule has 2 fully saturated rings. The first-order valence-electron chi connectivity index (χ1n) is 10.0. The number of guanidine groups is 1. The highest BCUT2D eigenvalue weighted by molar-refractivity contribution is 5.92. The van der Waals surface area contributed by atoms with Crippen LogP contribution < -0.4 is 27.0 Å². The average molecular weight is 459 g/mol. The van der Waals surface area contributed by atoms with Gasteiger partial charge < -0.3 is 56.7 Å². The molecule has 0 saturated carbocycles. The van der Waals surface area contributed by atoms with Gasteiger partial charge in [0.05, 0.1) is 25.3 Å². The van der Waals surface area contributed by atoms with Crippen LogP contribution in [-0.2, 0) is 19.1 Å². The summed E-state index contributed by atoms with van der Waals surface area (Å²) in [7, 11) is 3.00. The van der Waals surface area contributed by atoms with Gasteiger partial charge in [-0.25, -0.2) is 9.79 Å². The number of amides is 3. The highest BCUT2D eigenvalue weighted by Crippen LogP contribution is 2.26. The molecule has 0 aliphatic carbocycles. The van der Waals surface area contributed by atoms with Crippen molar-refractivity contribution in [2.45, 2.75) is 48.8 Å². The molecule has 3 aliphatic rings. The Hall–Kier alpha value is -2.72. The van der Waals surface area contributed by atoms with E-state index in [4.69, 9.17) is 15.2 Å². The van der Waals surface area contributed by atoms with Crippen molar-refractivity contribution in [3.63, 3.8) is 0 Å². The lowest BCUT2D eigenvalue weighted by atomic mass is 9.94. The van der Waals surface area contributed by atoms with Gasteiger partial charge in [-0.05, 0) is 7.05 Å². The highest BCUT2D eigenvalue weighted by atomic mass is 16.6. The van der Waals surface area contributed by atoms with Gasteiger partial charge in [0.25, 0.3) is 0 Å². The first-order chi connectivity index (χ1) is 15.2. The molecule has 0 bridgehead atoms. The molecule has 3 heterocycles. The number of nitrogens with two attached hydrogens (primary N) is 1. The highest BCUT2D eigenvalue weighted by Gasteiger charge is 2.51. The SMILES string of the molecule is CNCC(=O)N(C)C1C(NC2=NC3C(=O)NCC(O)C3N2)OC(CO)C(OC(N)=O)C1O. The molecule has 8 unspecified atom stereocenters. The molecule has 0 aromatic carbocycles. The van der Waals surface area contributed by atoms with Gasteiger partial charge in [0.2, 0.25) is 11.8 Å². The molecule has 0 radical (unpaired) electrons. The van der Waals surface area contributed by atoms with Gasteiger partial charge in [-0.15, -0.1) is 0 Å². The third-order valence-electron chi connectivity index (χ3n) is 5.64. The molecule has 15 heteroatoms. The number of carbonyl (C=O) groups is 3. The topological polar surface area (TPSA) is 220 Å². The average Bonchev–Trinajstić information content (AvgIpc) is 3.17. The van der Waals surface area contributed by atoms with Crippen LogP contribution in [0.4, 0.5) is 4.79 Å². The summed E-state index contributed by atoms with van der Waals surface area (Å²) in [5, 5.41) is 41.8. The normalized spacial score (nSPS) is 36.3. The van der Waals surface area contributed by atoms with E-state index in [0.717, 1.165) is 0 Å². The second-order valence-corrected chi connectivity index (χ2v) is 7.74. The Morgan fingerprint density at radius 3 is 2.72 bits per heavy atom. The van der Waals surface area contributed by atoms with Crippen LogP contribution in [0.1, 0.15) is 0 Å². The summed E-state index contributed by atoms with van der Waals surface area (Å²) in [5.41, 5.74) is 5.09. The van der Waals surface area contributed by atoms with Crippen molar-refractivity contribution < 1.29 is 39.2 Å². The van der Waals surface area contributed by atoms with Crippen molar-refractivity contribution in [3.8, 4) is 0 Å². The zero-order valence-electron chi connectivity index (χ0n) is 17.6. The Bertz CT molecular complexity index is 767. The van der Waals surface area contributed by atoms with Crippen LogP contribution in [0.15, 0.2) is 4.99 Å². The minimum absolute atomic E-state index is 0.0487. The Balaban J connectivity index is 1.85. The predicted molar refractivity (Wildman–Crippen MR) is 107 cm³/mol. The van der Waals surface area contributed by atoms with Crippen LogP contribution >= 0.6 is 0 Å². The quantitative estimate of drug-likeness (QED) is 0.187. The number of hydrogen-bond acceptors (Lipinski definition) is 12. The summed E-state index contributed by atoms with van der Waals surface area (Å²) in [5.74, 6) is -0.675. The monoisotopic (exact) mass is 459 g/mol. The number of nitrogens with one attached hydrogen (secondary N) is 4. The Morgan fingerprint density at radius 2 is 2.12 bits per heavy atom. The van der Waals surface area contributed by atoms with Gasteiger partial charge in [-0.1, -0.05) is 0 Å². The number of hydrogen-bond donors (Lipinski definition) is 8. The van der Waals surface area contributed by atoms with Gasteiger partial charge >= 0.3 is 6.09 Å². The van der Waals surface area contributed by atoms with E-state index in [9.17, 15) is 29.7 Å². The largest absolute Gasteiger partial charge is 0.441 e. The van der Waals surface area contributed by atoms with Crippen LogP contribution in [-0.4, -0.2) is 127 Å². The maximum atomic E-state index is 12.5. The van der Waals surface area contributed by atoms with E-state index >= 15 is 0 Å². The van der Waals surface area contributed by atoms with Crippen molar-refractivity contribution in [3.05, 3.63) is 0 Å². The van der Waals surface area contributed by atoms with E-state index in [2.05, 4.69) is 26.3 Å². The fourth-order valence-corrected chi connectivity index (χ4v) is 4.03. The van der Waals surface area contributed by atoms with E-state index in [0.29, 0.717) is 0 Å². The Morgan fingerprint density at radius 1 is 1.41 bits per heavy atom. The van der Waals surface area contributed by atoms with E-state index in [1.807, 2.05) is 0 Å². The Labute approximate surface area is 183 Å². The van der Waals surface area contributed by atoms with E-state index in [-0.39, 0.29) is 25.0 Å². The Kier molecular flexibility index (Phi) is 7.35. The molecule has 3 aliphatic heterocycles. The predicted octanol–water partition coefficient (Wildman–Crippen LogP) is -5.65. The number of primary amides is 1. The van der Waals surface area contributed by atoms with Gasteiger partial charge in [0, 0.05) is 13.6 Å². The van der Waals surface area contributed by atoms with Crippen molar-refractivity contribution >= 4 is 23.9 Å². The molecule has 0 aromatic rings. The molecular weight excluding hydrogens is 430 g/mol. The van der Waals surface area contributed by atoms with Crippen LogP contribution in [0.3, 0.4) is 0 Å². The zero-order chi connectivity index (χ0) is 23.6. The fourth-order valence-electron chi connectivity index (χ4n) is 4.03. The number of aliphatic hydroxyl groups is 3. The molecule has 0 aromatic heterocycles. The van der Waals surface area contributed by atoms with Crippen molar-refractivity contribution in [1.82, 2.24) is 26.2 Å². The van der Waals surface area contributed by atoms with E-state index < -0.39 is 67.4 Å². The molecule has 2 saturated heterocycles. The number of aliphatic imine (C=N–C) groups is 1. The third kappa shape index (κ3) is 4.71. The maximum absolute atomic E-state index is 12.5. The van der Waals surface area contributed by atoms with Crippen LogP contribution in [0, 0.1) is 0 Å². The van der Waals surface area contributed by atoms with Crippen molar-refractivity contribution in [2.24, 2.45) is 10.7 Å².